The van der Waals surface area contributed by atoms with Gasteiger partial charge in [0.1, 0.15) is 0 Å². The lowest BCUT2D eigenvalue weighted by atomic mass is 9.93. The number of nitrogens with zero attached hydrogens (tertiary/aromatic N) is 1. The van der Waals surface area contributed by atoms with E-state index in [-0.39, 0.29) is 10.5 Å². The van der Waals surface area contributed by atoms with Crippen molar-refractivity contribution in [1.29, 1.82) is 0 Å². The van der Waals surface area contributed by atoms with Gasteiger partial charge in [-0.2, -0.15) is 0 Å². The Hall–Kier alpha value is -0.0600. The van der Waals surface area contributed by atoms with Gasteiger partial charge < -0.3 is 9.47 Å². The van der Waals surface area contributed by atoms with Crippen molar-refractivity contribution >= 4 is 17.7 Å². The number of hydrogen-bond acceptors (Lipinski definition) is 4. The van der Waals surface area contributed by atoms with E-state index in [2.05, 4.69) is 25.2 Å². The van der Waals surface area contributed by atoms with Crippen molar-refractivity contribution in [1.82, 2.24) is 0 Å². The van der Waals surface area contributed by atoms with Crippen molar-refractivity contribution in [2.24, 2.45) is 4.40 Å². The smallest absolute Gasteiger partial charge is 0.169 e. The van der Waals surface area contributed by atoms with Gasteiger partial charge in [0, 0.05) is 23.3 Å². The highest BCUT2D eigenvalue weighted by Crippen LogP contribution is 2.36. The van der Waals surface area contributed by atoms with Crippen molar-refractivity contribution < 1.29 is 9.47 Å². The molecule has 92 valence electrons. The summed E-state index contributed by atoms with van der Waals surface area (Å²) in [6.45, 7) is 8.08. The van der Waals surface area contributed by atoms with E-state index in [1.54, 1.807) is 11.9 Å². The first kappa shape index (κ1) is 12.4. The highest BCUT2D eigenvalue weighted by molar-refractivity contribution is 7.99. The summed E-state index contributed by atoms with van der Waals surface area (Å²) in [5, 5.41) is 0. The molecule has 0 aromatic carbocycles. The molecular weight excluding hydrogens is 222 g/mol. The first-order chi connectivity index (χ1) is 7.49. The van der Waals surface area contributed by atoms with E-state index in [1.165, 1.54) is 5.71 Å². The van der Waals surface area contributed by atoms with E-state index in [0.29, 0.717) is 0 Å². The van der Waals surface area contributed by atoms with Gasteiger partial charge >= 0.3 is 0 Å². The van der Waals surface area contributed by atoms with Crippen LogP contribution in [0.3, 0.4) is 0 Å². The SMILES string of the molecule is CC(C)(C)SN=C1CCC2(CC1)OCCO2. The van der Waals surface area contributed by atoms with Gasteiger partial charge in [0.25, 0.3) is 0 Å². The molecule has 0 radical (unpaired) electrons. The van der Waals surface area contributed by atoms with Gasteiger partial charge in [-0.3, -0.25) is 0 Å². The lowest BCUT2D eigenvalue weighted by Gasteiger charge is -2.32. The summed E-state index contributed by atoms with van der Waals surface area (Å²) in [7, 11) is 0. The lowest BCUT2D eigenvalue weighted by molar-refractivity contribution is -0.167. The van der Waals surface area contributed by atoms with Crippen LogP contribution in [0.5, 0.6) is 0 Å². The van der Waals surface area contributed by atoms with Crippen LogP contribution in [-0.4, -0.2) is 29.5 Å². The summed E-state index contributed by atoms with van der Waals surface area (Å²) in [4.78, 5) is 0. The van der Waals surface area contributed by atoms with Crippen molar-refractivity contribution in [3.05, 3.63) is 0 Å². The molecule has 0 bridgehead atoms. The van der Waals surface area contributed by atoms with Gasteiger partial charge in [0.05, 0.1) is 13.2 Å². The second-order valence-corrected chi connectivity index (χ2v) is 7.06. The van der Waals surface area contributed by atoms with Crippen LogP contribution in [0.2, 0.25) is 0 Å². The maximum absolute atomic E-state index is 5.69. The van der Waals surface area contributed by atoms with E-state index in [4.69, 9.17) is 9.47 Å². The zero-order valence-electron chi connectivity index (χ0n) is 10.4. The van der Waals surface area contributed by atoms with Crippen molar-refractivity contribution in [3.8, 4) is 0 Å². The Balaban J connectivity index is 1.85. The molecule has 2 fully saturated rings. The summed E-state index contributed by atoms with van der Waals surface area (Å²) >= 11 is 1.68. The van der Waals surface area contributed by atoms with Crippen LogP contribution >= 0.6 is 11.9 Å². The predicted molar refractivity (Wildman–Crippen MR) is 67.9 cm³/mol. The molecule has 1 heterocycles. The van der Waals surface area contributed by atoms with Crippen LogP contribution in [0.4, 0.5) is 0 Å². The maximum Gasteiger partial charge on any atom is 0.169 e. The van der Waals surface area contributed by atoms with E-state index in [1.807, 2.05) is 0 Å². The molecule has 1 aliphatic heterocycles. The fourth-order valence-electron chi connectivity index (χ4n) is 2.00. The fraction of sp³-hybridized carbons (Fsp3) is 0.917. The third kappa shape index (κ3) is 3.22. The molecule has 0 N–H and O–H groups in total. The topological polar surface area (TPSA) is 30.8 Å². The lowest BCUT2D eigenvalue weighted by Crippen LogP contribution is -2.35. The van der Waals surface area contributed by atoms with Gasteiger partial charge in [0.2, 0.25) is 0 Å². The summed E-state index contributed by atoms with van der Waals surface area (Å²) in [5.74, 6) is -0.259. The van der Waals surface area contributed by atoms with Gasteiger partial charge in [-0.15, -0.1) is 0 Å². The van der Waals surface area contributed by atoms with Gasteiger partial charge in [0.15, 0.2) is 5.79 Å². The minimum absolute atomic E-state index is 0.211. The Labute approximate surface area is 102 Å². The predicted octanol–water partition coefficient (Wildman–Crippen LogP) is 3.19. The largest absolute Gasteiger partial charge is 0.348 e. The molecule has 2 rings (SSSR count). The molecule has 1 saturated heterocycles. The molecule has 1 spiro atoms. The minimum atomic E-state index is -0.259. The molecule has 0 amide bonds. The zero-order valence-corrected chi connectivity index (χ0v) is 11.2. The number of rotatable bonds is 1. The first-order valence-corrected chi connectivity index (χ1v) is 6.78. The van der Waals surface area contributed by atoms with Crippen LogP contribution in [0.25, 0.3) is 0 Å². The standard InChI is InChI=1S/C12H21NO2S/c1-11(2,3)16-13-10-4-6-12(7-5-10)14-8-9-15-12/h4-9H2,1-3H3. The molecule has 0 aromatic heterocycles. The van der Waals surface area contributed by atoms with E-state index in [9.17, 15) is 0 Å². The molecule has 1 saturated carbocycles. The molecule has 16 heavy (non-hydrogen) atoms. The second-order valence-electron chi connectivity index (χ2n) is 5.47. The van der Waals surface area contributed by atoms with Crippen molar-refractivity contribution in [2.75, 3.05) is 13.2 Å². The Bertz CT molecular complexity index is 265. The highest BCUT2D eigenvalue weighted by atomic mass is 32.2. The third-order valence-electron chi connectivity index (χ3n) is 2.85. The maximum atomic E-state index is 5.69. The molecule has 1 aliphatic carbocycles. The number of ether oxygens (including phenoxy) is 2. The van der Waals surface area contributed by atoms with Crippen LogP contribution < -0.4 is 0 Å². The van der Waals surface area contributed by atoms with Gasteiger partial charge in [-0.1, -0.05) is 0 Å². The summed E-state index contributed by atoms with van der Waals surface area (Å²) < 4.78 is 16.2. The van der Waals surface area contributed by atoms with Crippen LogP contribution in [0, 0.1) is 0 Å². The second kappa shape index (κ2) is 4.67. The summed E-state index contributed by atoms with van der Waals surface area (Å²) in [6, 6.07) is 0. The first-order valence-electron chi connectivity index (χ1n) is 6.01. The monoisotopic (exact) mass is 243 g/mol. The Morgan fingerprint density at radius 2 is 1.69 bits per heavy atom. The Kier molecular flexibility index (Phi) is 3.62. The molecule has 4 heteroatoms. The van der Waals surface area contributed by atoms with Crippen LogP contribution in [0.15, 0.2) is 4.40 Å². The zero-order chi connectivity index (χ0) is 11.6. The quantitative estimate of drug-likeness (QED) is 0.663. The van der Waals surface area contributed by atoms with E-state index in [0.717, 1.165) is 38.9 Å². The van der Waals surface area contributed by atoms with Crippen LogP contribution in [-0.2, 0) is 9.47 Å². The Morgan fingerprint density at radius 1 is 1.12 bits per heavy atom. The van der Waals surface area contributed by atoms with E-state index >= 15 is 0 Å². The molecule has 0 atom stereocenters. The normalized spacial score (nSPS) is 25.1. The fourth-order valence-corrected chi connectivity index (χ4v) is 2.58. The molecule has 0 aromatic rings. The molecular formula is C12H21NO2S. The van der Waals surface area contributed by atoms with Crippen molar-refractivity contribution in [2.45, 2.75) is 57.0 Å². The Morgan fingerprint density at radius 3 is 2.19 bits per heavy atom. The van der Waals surface area contributed by atoms with Gasteiger partial charge in [-0.05, 0) is 45.6 Å². The average molecular weight is 243 g/mol. The molecule has 0 unspecified atom stereocenters. The highest BCUT2D eigenvalue weighted by Gasteiger charge is 2.39. The average Bonchev–Trinajstić information content (AvgIpc) is 2.65. The van der Waals surface area contributed by atoms with E-state index < -0.39 is 0 Å². The summed E-state index contributed by atoms with van der Waals surface area (Å²) in [5.41, 5.74) is 1.31. The van der Waals surface area contributed by atoms with Gasteiger partial charge in [-0.25, -0.2) is 4.40 Å². The molecule has 3 nitrogen and oxygen atoms in total. The molecule has 2 aliphatic rings. The third-order valence-corrected chi connectivity index (χ3v) is 3.75. The summed E-state index contributed by atoms with van der Waals surface area (Å²) in [6.07, 6.45) is 3.97. The van der Waals surface area contributed by atoms with Crippen molar-refractivity contribution in [3.63, 3.8) is 0 Å². The van der Waals surface area contributed by atoms with Crippen LogP contribution in [0.1, 0.15) is 46.5 Å². The number of hydrogen-bond donors (Lipinski definition) is 0. The minimum Gasteiger partial charge on any atom is -0.348 e.